The molecule has 2 fully saturated rings. The fourth-order valence-electron chi connectivity index (χ4n) is 4.27. The third-order valence-corrected chi connectivity index (χ3v) is 7.24. The number of benzene rings is 1. The number of likely N-dealkylation sites (tertiary alicyclic amines) is 1. The molecule has 0 bridgehead atoms. The van der Waals surface area contributed by atoms with Gasteiger partial charge in [0.05, 0.1) is 10.6 Å². The Kier molecular flexibility index (Phi) is 5.51. The van der Waals surface area contributed by atoms with E-state index in [0.717, 1.165) is 19.2 Å². The number of hydrogen-bond acceptors (Lipinski definition) is 6. The highest BCUT2D eigenvalue weighted by atomic mass is 32.2. The Balaban J connectivity index is 1.57. The van der Waals surface area contributed by atoms with Crippen LogP contribution in [0.3, 0.4) is 0 Å². The summed E-state index contributed by atoms with van der Waals surface area (Å²) in [5.74, 6) is -1.28. The van der Waals surface area contributed by atoms with Crippen LogP contribution in [-0.4, -0.2) is 50.1 Å². The third kappa shape index (κ3) is 4.70. The summed E-state index contributed by atoms with van der Waals surface area (Å²) in [6, 6.07) is 4.51. The second kappa shape index (κ2) is 7.62. The molecule has 2 heterocycles. The molecule has 182 valence electrons. The highest BCUT2D eigenvalue weighted by Crippen LogP contribution is 2.59. The molecule has 1 aromatic carbocycles. The van der Waals surface area contributed by atoms with E-state index in [1.165, 1.54) is 18.2 Å². The standard InChI is InChI=1S/C20H20F6N2O4S/c1-11(19(21,22)23)31-15-4-3-14(33(2,29)30)5-12(15)8-28-9-13-7-18(13,10-28)16-6-17(32-27-16)20(24,25)26/h3-6,11,13H,7-10H2,1-2H3/t11-,13?,18?/m0/s1. The average Bonchev–Trinajstić information content (AvgIpc) is 3.04. The number of ether oxygens (including phenoxy) is 1. The summed E-state index contributed by atoms with van der Waals surface area (Å²) in [7, 11) is -3.63. The number of hydrogen-bond donors (Lipinski definition) is 0. The topological polar surface area (TPSA) is 72.6 Å². The zero-order valence-corrected chi connectivity index (χ0v) is 18.3. The third-order valence-electron chi connectivity index (χ3n) is 6.13. The van der Waals surface area contributed by atoms with Crippen LogP contribution in [-0.2, 0) is 28.0 Å². The first-order chi connectivity index (χ1) is 15.1. The number of halogens is 6. The van der Waals surface area contributed by atoms with Crippen molar-refractivity contribution in [2.24, 2.45) is 5.92 Å². The van der Waals surface area contributed by atoms with E-state index in [9.17, 15) is 34.8 Å². The molecule has 2 unspecified atom stereocenters. The molecular formula is C20H20F6N2O4S. The first kappa shape index (κ1) is 23.9. The molecule has 33 heavy (non-hydrogen) atoms. The van der Waals surface area contributed by atoms with E-state index >= 15 is 0 Å². The Morgan fingerprint density at radius 3 is 2.52 bits per heavy atom. The molecule has 2 aromatic rings. The van der Waals surface area contributed by atoms with Gasteiger partial charge in [0.1, 0.15) is 5.75 Å². The van der Waals surface area contributed by atoms with Gasteiger partial charge in [-0.1, -0.05) is 5.16 Å². The zero-order valence-electron chi connectivity index (χ0n) is 17.5. The maximum atomic E-state index is 13.0. The number of rotatable bonds is 6. The number of alkyl halides is 6. The minimum absolute atomic E-state index is 0.0141. The van der Waals surface area contributed by atoms with Crippen molar-refractivity contribution in [2.75, 3.05) is 19.3 Å². The molecule has 1 saturated heterocycles. The molecular weight excluding hydrogens is 478 g/mol. The number of nitrogens with zero attached hydrogens (tertiary/aromatic N) is 2. The van der Waals surface area contributed by atoms with Crippen molar-refractivity contribution >= 4 is 9.84 Å². The maximum absolute atomic E-state index is 13.0. The van der Waals surface area contributed by atoms with Gasteiger partial charge in [0.15, 0.2) is 15.9 Å². The predicted octanol–water partition coefficient (Wildman–Crippen LogP) is 4.20. The number of fused-ring (bicyclic) bond motifs is 1. The molecule has 13 heteroatoms. The summed E-state index contributed by atoms with van der Waals surface area (Å²) in [4.78, 5) is 1.76. The van der Waals surface area contributed by atoms with Gasteiger partial charge in [-0.2, -0.15) is 26.3 Å². The van der Waals surface area contributed by atoms with Crippen molar-refractivity contribution in [3.8, 4) is 5.75 Å². The summed E-state index contributed by atoms with van der Waals surface area (Å²) < 4.78 is 111. The van der Waals surface area contributed by atoms with Gasteiger partial charge < -0.3 is 9.26 Å². The maximum Gasteiger partial charge on any atom is 0.452 e. The predicted molar refractivity (Wildman–Crippen MR) is 102 cm³/mol. The lowest BCUT2D eigenvalue weighted by atomic mass is 10.0. The smallest absolute Gasteiger partial charge is 0.452 e. The minimum atomic E-state index is -4.65. The minimum Gasteiger partial charge on any atom is -0.481 e. The monoisotopic (exact) mass is 498 g/mol. The molecule has 1 aliphatic carbocycles. The van der Waals surface area contributed by atoms with E-state index < -0.39 is 39.5 Å². The molecule has 0 radical (unpaired) electrons. The molecule has 0 N–H and O–H groups in total. The summed E-state index contributed by atoms with van der Waals surface area (Å²) in [6.45, 7) is 1.67. The SMILES string of the molecule is C[C@H](Oc1ccc(S(C)(=O)=O)cc1CN1CC2CC2(c2cc(C(F)(F)F)on2)C1)C(F)(F)F. The molecule has 1 saturated carbocycles. The largest absolute Gasteiger partial charge is 0.481 e. The summed E-state index contributed by atoms with van der Waals surface area (Å²) in [6.07, 6.45) is -9.79. The zero-order chi connectivity index (χ0) is 24.4. The second-order valence-corrected chi connectivity index (χ2v) is 10.7. The summed E-state index contributed by atoms with van der Waals surface area (Å²) in [5, 5.41) is 3.60. The first-order valence-electron chi connectivity index (χ1n) is 9.93. The summed E-state index contributed by atoms with van der Waals surface area (Å²) in [5.41, 5.74) is -0.196. The van der Waals surface area contributed by atoms with Crippen LogP contribution in [0.2, 0.25) is 0 Å². The van der Waals surface area contributed by atoms with E-state index in [2.05, 4.69) is 9.68 Å². The van der Waals surface area contributed by atoms with Crippen molar-refractivity contribution in [1.82, 2.24) is 10.1 Å². The molecule has 4 rings (SSSR count). The molecule has 3 atom stereocenters. The van der Waals surface area contributed by atoms with Crippen LogP contribution in [0.4, 0.5) is 26.3 Å². The Labute approximate surface area is 185 Å². The first-order valence-corrected chi connectivity index (χ1v) is 11.8. The van der Waals surface area contributed by atoms with Crippen molar-refractivity contribution in [3.05, 3.63) is 41.3 Å². The van der Waals surface area contributed by atoms with Gasteiger partial charge in [-0.05, 0) is 37.5 Å². The van der Waals surface area contributed by atoms with Crippen LogP contribution in [0.5, 0.6) is 5.75 Å². The lowest BCUT2D eigenvalue weighted by Crippen LogP contribution is -2.32. The lowest BCUT2D eigenvalue weighted by molar-refractivity contribution is -0.189. The van der Waals surface area contributed by atoms with Crippen molar-refractivity contribution in [1.29, 1.82) is 0 Å². The molecule has 1 aromatic heterocycles. The lowest BCUT2D eigenvalue weighted by Gasteiger charge is -2.24. The molecule has 6 nitrogen and oxygen atoms in total. The van der Waals surface area contributed by atoms with Crippen LogP contribution in [0.25, 0.3) is 0 Å². The number of aromatic nitrogens is 1. The normalized spacial score (nSPS) is 24.5. The number of piperidine rings is 1. The van der Waals surface area contributed by atoms with Gasteiger partial charge in [-0.25, -0.2) is 8.42 Å². The van der Waals surface area contributed by atoms with Gasteiger partial charge in [-0.15, -0.1) is 0 Å². The fourth-order valence-corrected chi connectivity index (χ4v) is 4.94. The second-order valence-electron chi connectivity index (χ2n) is 8.64. The van der Waals surface area contributed by atoms with Crippen molar-refractivity contribution < 1.29 is 44.0 Å². The van der Waals surface area contributed by atoms with Gasteiger partial charge in [0.2, 0.25) is 5.76 Å². The van der Waals surface area contributed by atoms with E-state index in [1.807, 2.05) is 4.90 Å². The van der Waals surface area contributed by atoms with Gasteiger partial charge in [0, 0.05) is 42.9 Å². The molecule has 0 spiro atoms. The fraction of sp³-hybridized carbons (Fsp3) is 0.550. The average molecular weight is 498 g/mol. The Hall–Kier alpha value is -2.28. The van der Waals surface area contributed by atoms with Crippen LogP contribution < -0.4 is 4.74 Å². The molecule has 1 aliphatic heterocycles. The highest BCUT2D eigenvalue weighted by Gasteiger charge is 2.62. The Bertz CT molecular complexity index is 1160. The van der Waals surface area contributed by atoms with E-state index in [4.69, 9.17) is 4.74 Å². The Morgan fingerprint density at radius 1 is 1.24 bits per heavy atom. The molecule has 0 amide bonds. The van der Waals surface area contributed by atoms with Gasteiger partial charge in [-0.3, -0.25) is 4.90 Å². The number of sulfone groups is 1. The van der Waals surface area contributed by atoms with Crippen LogP contribution >= 0.6 is 0 Å². The van der Waals surface area contributed by atoms with Crippen molar-refractivity contribution in [3.63, 3.8) is 0 Å². The molecule has 2 aliphatic rings. The van der Waals surface area contributed by atoms with Crippen LogP contribution in [0.1, 0.15) is 30.4 Å². The quantitative estimate of drug-likeness (QED) is 0.556. The van der Waals surface area contributed by atoms with E-state index in [1.54, 1.807) is 0 Å². The van der Waals surface area contributed by atoms with E-state index in [-0.39, 0.29) is 34.4 Å². The highest BCUT2D eigenvalue weighted by molar-refractivity contribution is 7.90. The van der Waals surface area contributed by atoms with Gasteiger partial charge in [0.25, 0.3) is 0 Å². The summed E-state index contributed by atoms with van der Waals surface area (Å²) >= 11 is 0. The van der Waals surface area contributed by atoms with E-state index in [0.29, 0.717) is 19.5 Å². The van der Waals surface area contributed by atoms with Crippen molar-refractivity contribution in [2.45, 2.75) is 48.7 Å². The van der Waals surface area contributed by atoms with Crippen LogP contribution in [0.15, 0.2) is 33.7 Å². The van der Waals surface area contributed by atoms with Gasteiger partial charge >= 0.3 is 12.4 Å². The Morgan fingerprint density at radius 2 is 1.94 bits per heavy atom. The van der Waals surface area contributed by atoms with Crippen LogP contribution in [0, 0.1) is 5.92 Å².